The Balaban J connectivity index is 0.938. The van der Waals surface area contributed by atoms with Gasteiger partial charge in [-0.3, -0.25) is 5.32 Å². The highest BCUT2D eigenvalue weighted by Crippen LogP contribution is 2.62. The van der Waals surface area contributed by atoms with E-state index in [0.717, 1.165) is 22.5 Å². The molecule has 0 amide bonds. The minimum Gasteiger partial charge on any atom is -0.317 e. The summed E-state index contributed by atoms with van der Waals surface area (Å²) in [6.07, 6.45) is -0.229. The van der Waals surface area contributed by atoms with Crippen molar-refractivity contribution in [1.29, 1.82) is 5.26 Å². The van der Waals surface area contributed by atoms with E-state index in [1.54, 1.807) is 0 Å². The molecule has 9 aromatic rings. The molecule has 64 heavy (non-hydrogen) atoms. The highest BCUT2D eigenvalue weighted by molar-refractivity contribution is 6.05. The van der Waals surface area contributed by atoms with Crippen molar-refractivity contribution in [2.75, 3.05) is 0 Å². The first-order valence-electron chi connectivity index (χ1n) is 22.2. The number of quaternary nitrogens is 1. The van der Waals surface area contributed by atoms with Crippen molar-refractivity contribution in [2.24, 2.45) is 4.99 Å². The normalized spacial score (nSPS) is 17.3. The summed E-state index contributed by atoms with van der Waals surface area (Å²) in [7, 11) is 0. The summed E-state index contributed by atoms with van der Waals surface area (Å²) in [6.45, 7) is 4.76. The van der Waals surface area contributed by atoms with Crippen LogP contribution in [0.25, 0.3) is 44.2 Å². The maximum Gasteiger partial charge on any atom is 0.209 e. The van der Waals surface area contributed by atoms with Crippen LogP contribution in [0.2, 0.25) is 0 Å². The van der Waals surface area contributed by atoms with Crippen molar-refractivity contribution in [3.8, 4) is 39.4 Å². The Labute approximate surface area is 374 Å². The number of nitrogens with one attached hydrogen (secondary N) is 1. The molecule has 0 bridgehead atoms. The van der Waals surface area contributed by atoms with Crippen LogP contribution >= 0.6 is 0 Å². The molecule has 1 heterocycles. The Bertz CT molecular complexity index is 3320. The van der Waals surface area contributed by atoms with Gasteiger partial charge < -0.3 is 5.32 Å². The van der Waals surface area contributed by atoms with Gasteiger partial charge in [-0.05, 0) is 108 Å². The fourth-order valence-electron chi connectivity index (χ4n) is 11.2. The first-order valence-corrected chi connectivity index (χ1v) is 22.2. The molecule has 9 aromatic carbocycles. The molecule has 0 fully saturated rings. The first-order chi connectivity index (χ1) is 31.4. The zero-order chi connectivity index (χ0) is 43.0. The molecule has 1 aliphatic heterocycles. The smallest absolute Gasteiger partial charge is 0.209 e. The van der Waals surface area contributed by atoms with Gasteiger partial charge in [0.25, 0.3) is 0 Å². The average molecular weight is 822 g/mol. The summed E-state index contributed by atoms with van der Waals surface area (Å²) < 4.78 is 0. The summed E-state index contributed by atoms with van der Waals surface area (Å²) >= 11 is 0. The number of rotatable bonds is 5. The molecule has 3 aliphatic rings. The minimum absolute atomic E-state index is 0.0649. The summed E-state index contributed by atoms with van der Waals surface area (Å²) in [4.78, 5) is 5.13. The number of nitrogens with zero attached hydrogens (tertiary/aromatic N) is 2. The molecule has 2 atom stereocenters. The van der Waals surface area contributed by atoms with E-state index < -0.39 is 5.41 Å². The van der Waals surface area contributed by atoms with Gasteiger partial charge in [0, 0.05) is 22.1 Å². The first kappa shape index (κ1) is 37.9. The number of fused-ring (bicyclic) bond motifs is 10. The number of amidine groups is 1. The molecule has 0 saturated carbocycles. The third kappa shape index (κ3) is 5.68. The molecule has 3 N–H and O–H groups in total. The largest absolute Gasteiger partial charge is 0.317 e. The van der Waals surface area contributed by atoms with Gasteiger partial charge in [-0.15, -0.1) is 0 Å². The Hall–Kier alpha value is -7.84. The van der Waals surface area contributed by atoms with Crippen molar-refractivity contribution >= 4 is 16.6 Å². The second-order valence-corrected chi connectivity index (χ2v) is 17.9. The predicted octanol–water partition coefficient (Wildman–Crippen LogP) is 12.4. The van der Waals surface area contributed by atoms with Crippen LogP contribution < -0.4 is 10.6 Å². The van der Waals surface area contributed by atoms with Crippen molar-refractivity contribution in [2.45, 2.75) is 37.0 Å². The summed E-state index contributed by atoms with van der Waals surface area (Å²) in [5.41, 5.74) is 19.0. The monoisotopic (exact) mass is 821 g/mol. The van der Waals surface area contributed by atoms with Gasteiger partial charge in [0.05, 0.1) is 17.0 Å². The van der Waals surface area contributed by atoms with E-state index in [1.165, 1.54) is 77.5 Å². The summed E-state index contributed by atoms with van der Waals surface area (Å²) in [5, 5.41) is 17.9. The molecule has 12 rings (SSSR count). The lowest BCUT2D eigenvalue weighted by atomic mass is 9.55. The highest BCUT2D eigenvalue weighted by Gasteiger charge is 2.53. The Kier molecular flexibility index (Phi) is 8.66. The lowest BCUT2D eigenvalue weighted by Gasteiger charge is -2.46. The van der Waals surface area contributed by atoms with Gasteiger partial charge >= 0.3 is 0 Å². The van der Waals surface area contributed by atoms with E-state index >= 15 is 0 Å². The Morgan fingerprint density at radius 3 is 1.64 bits per heavy atom. The van der Waals surface area contributed by atoms with E-state index in [-0.39, 0.29) is 17.7 Å². The number of hydrogen-bond acceptors (Lipinski definition) is 3. The van der Waals surface area contributed by atoms with Crippen LogP contribution in [0.4, 0.5) is 0 Å². The topological polar surface area (TPSA) is 64.8 Å². The molecular formula is C60H45N4+. The molecule has 4 heteroatoms. The van der Waals surface area contributed by atoms with Gasteiger partial charge in [-0.1, -0.05) is 190 Å². The number of nitriles is 1. The Morgan fingerprint density at radius 2 is 0.984 bits per heavy atom. The van der Waals surface area contributed by atoms with Gasteiger partial charge in [0.15, 0.2) is 6.17 Å². The van der Waals surface area contributed by atoms with Crippen molar-refractivity contribution in [1.82, 2.24) is 5.32 Å². The van der Waals surface area contributed by atoms with Crippen LogP contribution in [0.15, 0.2) is 211 Å². The van der Waals surface area contributed by atoms with Crippen molar-refractivity contribution in [3.05, 3.63) is 262 Å². The van der Waals surface area contributed by atoms with Crippen LogP contribution in [-0.4, -0.2) is 5.84 Å². The molecular weight excluding hydrogens is 777 g/mol. The zero-order valence-electron chi connectivity index (χ0n) is 35.8. The van der Waals surface area contributed by atoms with E-state index in [2.05, 4.69) is 194 Å². The van der Waals surface area contributed by atoms with Crippen LogP contribution in [0.3, 0.4) is 0 Å². The van der Waals surface area contributed by atoms with Crippen LogP contribution in [-0.2, 0) is 10.8 Å². The average Bonchev–Trinajstić information content (AvgIpc) is 3.66. The number of hydrogen-bond donors (Lipinski definition) is 2. The third-order valence-corrected chi connectivity index (χ3v) is 14.2. The third-order valence-electron chi connectivity index (χ3n) is 14.2. The summed E-state index contributed by atoms with van der Waals surface area (Å²) in [6, 6.07) is 77.5. The minimum atomic E-state index is -0.442. The van der Waals surface area contributed by atoms with E-state index in [4.69, 9.17) is 4.99 Å². The van der Waals surface area contributed by atoms with E-state index in [9.17, 15) is 5.26 Å². The zero-order valence-corrected chi connectivity index (χ0v) is 35.8. The molecule has 4 nitrogen and oxygen atoms in total. The molecule has 0 saturated heterocycles. The lowest BCUT2D eigenvalue weighted by molar-refractivity contribution is -0.739. The van der Waals surface area contributed by atoms with Gasteiger partial charge in [0.2, 0.25) is 6.17 Å². The summed E-state index contributed by atoms with van der Waals surface area (Å²) in [5.74, 6) is 0.857. The second-order valence-electron chi connectivity index (χ2n) is 17.9. The maximum atomic E-state index is 9.42. The number of nitrogens with two attached hydrogens (primary N) is 1. The van der Waals surface area contributed by atoms with Crippen molar-refractivity contribution < 1.29 is 5.32 Å². The van der Waals surface area contributed by atoms with E-state index in [0.29, 0.717) is 5.56 Å². The van der Waals surface area contributed by atoms with Gasteiger partial charge in [-0.2, -0.15) is 5.26 Å². The molecule has 2 unspecified atom stereocenters. The lowest BCUT2D eigenvalue weighted by Crippen LogP contribution is -2.90. The van der Waals surface area contributed by atoms with Crippen LogP contribution in [0.5, 0.6) is 0 Å². The number of aliphatic imine (C=N–C) groups is 1. The number of benzene rings is 9. The maximum absolute atomic E-state index is 9.42. The van der Waals surface area contributed by atoms with Gasteiger partial charge in [0.1, 0.15) is 5.84 Å². The SMILES string of the molecule is CC1(C)c2ccccc2C2(c3ccccc3-c3ccc(-c4ccc(-c5ccc(C6NC(c7ccccc7)=NC(c7ccc(C#N)cc7)[NH2+]6)cc5)c5ccccc45)cc32)c2ccccc21. The second kappa shape index (κ2) is 14.6. The fraction of sp³-hybridized carbons (Fsp3) is 0.100. The fourth-order valence-corrected chi connectivity index (χ4v) is 11.2. The molecule has 304 valence electrons. The Morgan fingerprint density at radius 1 is 0.469 bits per heavy atom. The predicted molar refractivity (Wildman–Crippen MR) is 259 cm³/mol. The van der Waals surface area contributed by atoms with Crippen LogP contribution in [0.1, 0.15) is 81.8 Å². The van der Waals surface area contributed by atoms with Crippen molar-refractivity contribution in [3.63, 3.8) is 0 Å². The standard InChI is InChI=1S/C60H44N4/c1-59(2)51-20-10-12-22-53(51)60(54-23-13-11-21-52(54)59)50-19-9-8-18-48(50)49-33-32-43(36-55(49)60)45-35-34-44(46-16-6-7-17-47(45)46)39-28-30-42(31-29-39)58-63-56(40-14-4-3-5-15-40)62-57(64-58)41-26-24-38(37-61)25-27-41/h3-36,57-58,64H,1-2H3,(H,62,63)/p+1. The molecule has 2 aliphatic carbocycles. The van der Waals surface area contributed by atoms with Crippen LogP contribution in [0, 0.1) is 11.3 Å². The van der Waals surface area contributed by atoms with E-state index in [1.807, 2.05) is 42.5 Å². The molecule has 1 spiro atoms. The van der Waals surface area contributed by atoms with Gasteiger partial charge in [-0.25, -0.2) is 4.99 Å². The molecule has 0 radical (unpaired) electrons. The highest BCUT2D eigenvalue weighted by atomic mass is 15.3. The quantitative estimate of drug-likeness (QED) is 0.182. The molecule has 0 aromatic heterocycles.